The van der Waals surface area contributed by atoms with Crippen molar-refractivity contribution in [2.75, 3.05) is 5.32 Å². The molecule has 0 bridgehead atoms. The van der Waals surface area contributed by atoms with E-state index < -0.39 is 5.97 Å². The molecule has 0 aliphatic carbocycles. The Balaban J connectivity index is 1.47. The molecule has 6 heteroatoms. The molecule has 0 unspecified atom stereocenters. The van der Waals surface area contributed by atoms with Crippen LogP contribution in [-0.4, -0.2) is 17.8 Å². The first-order valence-corrected chi connectivity index (χ1v) is 10.2. The van der Waals surface area contributed by atoms with E-state index in [2.05, 4.69) is 10.3 Å². The Kier molecular flexibility index (Phi) is 6.12. The Morgan fingerprint density at radius 3 is 2.53 bits per heavy atom. The lowest BCUT2D eigenvalue weighted by atomic mass is 10.1. The van der Waals surface area contributed by atoms with E-state index in [1.807, 2.05) is 55.5 Å². The van der Waals surface area contributed by atoms with Gasteiger partial charge in [-0.2, -0.15) is 0 Å². The van der Waals surface area contributed by atoms with Crippen LogP contribution in [0.3, 0.4) is 0 Å². The average molecular weight is 426 g/mol. The van der Waals surface area contributed by atoms with Crippen molar-refractivity contribution < 1.29 is 19.1 Å². The molecule has 3 aromatic rings. The van der Waals surface area contributed by atoms with E-state index in [1.165, 1.54) is 12.5 Å². The third-order valence-corrected chi connectivity index (χ3v) is 4.76. The number of aliphatic imine (C=N–C) groups is 1. The SMILES string of the molecule is CC(=O)Nc1ccc(C2=N/C(=C\c3cccc(OCc4ccc(C)cc4)c3)C(=O)O2)cc1. The minimum Gasteiger partial charge on any atom is -0.489 e. The van der Waals surface area contributed by atoms with E-state index in [-0.39, 0.29) is 17.5 Å². The van der Waals surface area contributed by atoms with Crippen LogP contribution in [0.25, 0.3) is 6.08 Å². The standard InChI is InChI=1S/C26H22N2O4/c1-17-6-8-19(9-7-17)16-31-23-5-3-4-20(14-23)15-24-26(30)32-25(28-24)21-10-12-22(13-11-21)27-18(2)29/h3-15H,16H2,1-2H3,(H,27,29)/b24-15-. The minimum absolute atomic E-state index is 0.155. The van der Waals surface area contributed by atoms with Crippen LogP contribution in [0.15, 0.2) is 83.5 Å². The summed E-state index contributed by atoms with van der Waals surface area (Å²) in [6.45, 7) is 3.94. The van der Waals surface area contributed by atoms with E-state index in [4.69, 9.17) is 9.47 Å². The summed E-state index contributed by atoms with van der Waals surface area (Å²) >= 11 is 0. The number of carbonyl (C=O) groups excluding carboxylic acids is 2. The zero-order chi connectivity index (χ0) is 22.5. The van der Waals surface area contributed by atoms with Gasteiger partial charge in [-0.3, -0.25) is 4.79 Å². The molecule has 0 fully saturated rings. The van der Waals surface area contributed by atoms with Crippen molar-refractivity contribution >= 4 is 29.5 Å². The molecule has 4 rings (SSSR count). The smallest absolute Gasteiger partial charge is 0.363 e. The fourth-order valence-corrected chi connectivity index (χ4v) is 3.13. The second kappa shape index (κ2) is 9.31. The van der Waals surface area contributed by atoms with Crippen LogP contribution in [0.2, 0.25) is 0 Å². The first-order chi connectivity index (χ1) is 15.5. The third kappa shape index (κ3) is 5.29. The zero-order valence-electron chi connectivity index (χ0n) is 17.8. The van der Waals surface area contributed by atoms with E-state index in [0.29, 0.717) is 23.6 Å². The van der Waals surface area contributed by atoms with Gasteiger partial charge in [0.15, 0.2) is 5.70 Å². The van der Waals surface area contributed by atoms with Gasteiger partial charge in [0, 0.05) is 18.2 Å². The normalized spacial score (nSPS) is 14.1. The highest BCUT2D eigenvalue weighted by Crippen LogP contribution is 2.22. The quantitative estimate of drug-likeness (QED) is 0.450. The van der Waals surface area contributed by atoms with Crippen molar-refractivity contribution in [1.29, 1.82) is 0 Å². The molecule has 32 heavy (non-hydrogen) atoms. The summed E-state index contributed by atoms with van der Waals surface area (Å²) in [4.78, 5) is 27.8. The Labute approximate surface area is 186 Å². The summed E-state index contributed by atoms with van der Waals surface area (Å²) in [6, 6.07) is 22.6. The molecule has 1 N–H and O–H groups in total. The van der Waals surface area contributed by atoms with Crippen LogP contribution in [0, 0.1) is 6.92 Å². The third-order valence-electron chi connectivity index (χ3n) is 4.76. The summed E-state index contributed by atoms with van der Waals surface area (Å²) in [5.74, 6) is 0.251. The fourth-order valence-electron chi connectivity index (χ4n) is 3.13. The van der Waals surface area contributed by atoms with Gasteiger partial charge in [-0.15, -0.1) is 0 Å². The number of nitrogens with one attached hydrogen (secondary N) is 1. The molecule has 160 valence electrons. The van der Waals surface area contributed by atoms with Gasteiger partial charge in [0.25, 0.3) is 0 Å². The number of aryl methyl sites for hydroxylation is 1. The molecular weight excluding hydrogens is 404 g/mol. The molecule has 0 saturated carbocycles. The molecule has 1 amide bonds. The highest BCUT2D eigenvalue weighted by Gasteiger charge is 2.24. The molecule has 0 spiro atoms. The minimum atomic E-state index is -0.517. The van der Waals surface area contributed by atoms with Crippen molar-refractivity contribution in [3.63, 3.8) is 0 Å². The Bertz CT molecular complexity index is 1210. The van der Waals surface area contributed by atoms with E-state index in [9.17, 15) is 9.59 Å². The molecule has 0 saturated heterocycles. The lowest BCUT2D eigenvalue weighted by Gasteiger charge is -2.07. The first kappa shape index (κ1) is 21.1. The number of rotatable bonds is 6. The summed E-state index contributed by atoms with van der Waals surface area (Å²) in [5.41, 5.74) is 4.58. The predicted molar refractivity (Wildman–Crippen MR) is 123 cm³/mol. The lowest BCUT2D eigenvalue weighted by Crippen LogP contribution is -2.07. The zero-order valence-corrected chi connectivity index (χ0v) is 17.8. The van der Waals surface area contributed by atoms with Crippen molar-refractivity contribution in [2.24, 2.45) is 4.99 Å². The molecule has 1 aliphatic rings. The van der Waals surface area contributed by atoms with E-state index >= 15 is 0 Å². The van der Waals surface area contributed by atoms with Gasteiger partial charge in [0.1, 0.15) is 12.4 Å². The van der Waals surface area contributed by atoms with Crippen LogP contribution in [-0.2, 0) is 20.9 Å². The van der Waals surface area contributed by atoms with E-state index in [0.717, 1.165) is 11.1 Å². The molecule has 0 atom stereocenters. The largest absolute Gasteiger partial charge is 0.489 e. The Morgan fingerprint density at radius 1 is 1.06 bits per heavy atom. The maximum atomic E-state index is 12.3. The summed E-state index contributed by atoms with van der Waals surface area (Å²) in [6.07, 6.45) is 1.67. The van der Waals surface area contributed by atoms with Gasteiger partial charge in [-0.25, -0.2) is 9.79 Å². The van der Waals surface area contributed by atoms with Gasteiger partial charge in [-0.1, -0.05) is 42.0 Å². The first-order valence-electron chi connectivity index (χ1n) is 10.2. The van der Waals surface area contributed by atoms with Gasteiger partial charge in [-0.05, 0) is 60.5 Å². The summed E-state index contributed by atoms with van der Waals surface area (Å²) < 4.78 is 11.2. The van der Waals surface area contributed by atoms with Crippen molar-refractivity contribution in [3.8, 4) is 5.75 Å². The molecule has 1 aliphatic heterocycles. The summed E-state index contributed by atoms with van der Waals surface area (Å²) in [5, 5.41) is 2.69. The van der Waals surface area contributed by atoms with Crippen molar-refractivity contribution in [2.45, 2.75) is 20.5 Å². The molecule has 3 aromatic carbocycles. The fraction of sp³-hybridized carbons (Fsp3) is 0.115. The topological polar surface area (TPSA) is 77.0 Å². The van der Waals surface area contributed by atoms with Crippen molar-refractivity contribution in [3.05, 3.63) is 101 Å². The monoisotopic (exact) mass is 426 g/mol. The predicted octanol–water partition coefficient (Wildman–Crippen LogP) is 4.88. The molecule has 1 heterocycles. The van der Waals surface area contributed by atoms with Gasteiger partial charge < -0.3 is 14.8 Å². The number of hydrogen-bond acceptors (Lipinski definition) is 5. The molecule has 0 radical (unpaired) electrons. The number of amides is 1. The number of hydrogen-bond donors (Lipinski definition) is 1. The average Bonchev–Trinajstić information content (AvgIpc) is 3.14. The molecular formula is C26H22N2O4. The van der Waals surface area contributed by atoms with Crippen LogP contribution < -0.4 is 10.1 Å². The van der Waals surface area contributed by atoms with Gasteiger partial charge >= 0.3 is 5.97 Å². The second-order valence-electron chi connectivity index (χ2n) is 7.44. The second-order valence-corrected chi connectivity index (χ2v) is 7.44. The number of esters is 1. The lowest BCUT2D eigenvalue weighted by molar-refractivity contribution is -0.129. The number of ether oxygens (including phenoxy) is 2. The highest BCUT2D eigenvalue weighted by atomic mass is 16.6. The van der Waals surface area contributed by atoms with Gasteiger partial charge in [0.05, 0.1) is 0 Å². The van der Waals surface area contributed by atoms with Crippen LogP contribution in [0.5, 0.6) is 5.75 Å². The van der Waals surface area contributed by atoms with Crippen LogP contribution in [0.1, 0.15) is 29.2 Å². The number of anilines is 1. The number of cyclic esters (lactones) is 1. The maximum absolute atomic E-state index is 12.3. The van der Waals surface area contributed by atoms with E-state index in [1.54, 1.807) is 30.3 Å². The van der Waals surface area contributed by atoms with Crippen molar-refractivity contribution in [1.82, 2.24) is 0 Å². The Hall–Kier alpha value is -4.19. The molecule has 0 aromatic heterocycles. The Morgan fingerprint density at radius 2 is 1.81 bits per heavy atom. The number of benzene rings is 3. The van der Waals surface area contributed by atoms with Gasteiger partial charge in [0.2, 0.25) is 11.8 Å². The number of carbonyl (C=O) groups is 2. The summed E-state index contributed by atoms with van der Waals surface area (Å²) in [7, 11) is 0. The van der Waals surface area contributed by atoms with Crippen LogP contribution >= 0.6 is 0 Å². The molecule has 6 nitrogen and oxygen atoms in total. The highest BCUT2D eigenvalue weighted by molar-refractivity contribution is 6.13. The maximum Gasteiger partial charge on any atom is 0.363 e. The number of nitrogens with zero attached hydrogens (tertiary/aromatic N) is 1. The van der Waals surface area contributed by atoms with Crippen LogP contribution in [0.4, 0.5) is 5.69 Å².